The van der Waals surface area contributed by atoms with Crippen LogP contribution in [0, 0.1) is 0 Å². The number of rotatable bonds is 5. The largest absolute Gasteiger partial charge is 0.401 e. The number of hydrogen-bond donors (Lipinski definition) is 1. The number of nitrogens with zero attached hydrogens (tertiary/aromatic N) is 4. The first kappa shape index (κ1) is 22.8. The molecule has 1 N–H and O–H groups in total. The molecule has 0 spiro atoms. The van der Waals surface area contributed by atoms with Crippen LogP contribution in [0.25, 0.3) is 28.2 Å². The van der Waals surface area contributed by atoms with Gasteiger partial charge in [0.2, 0.25) is 5.91 Å². The molecule has 1 aliphatic heterocycles. The molecule has 35 heavy (non-hydrogen) atoms. The molecule has 6 nitrogen and oxygen atoms in total. The molecule has 2 aromatic heterocycles. The zero-order valence-electron chi connectivity index (χ0n) is 18.9. The minimum absolute atomic E-state index is 0.203. The normalized spacial score (nSPS) is 14.1. The van der Waals surface area contributed by atoms with Gasteiger partial charge >= 0.3 is 6.18 Å². The Morgan fingerprint density at radius 3 is 2.77 bits per heavy atom. The fourth-order valence-corrected chi connectivity index (χ4v) is 4.35. The molecule has 2 aromatic carbocycles. The number of hydrogen-bond acceptors (Lipinski definition) is 4. The molecule has 0 atom stereocenters. The number of alkyl halides is 3. The Hall–Kier alpha value is -3.98. The summed E-state index contributed by atoms with van der Waals surface area (Å²) in [7, 11) is 1.93. The van der Waals surface area contributed by atoms with Crippen LogP contribution in [-0.2, 0) is 24.9 Å². The van der Waals surface area contributed by atoms with Crippen LogP contribution >= 0.6 is 0 Å². The van der Waals surface area contributed by atoms with E-state index in [-0.39, 0.29) is 19.0 Å². The molecule has 9 heteroatoms. The smallest absolute Gasteiger partial charge is 0.334 e. The van der Waals surface area contributed by atoms with Crippen molar-refractivity contribution in [1.29, 1.82) is 0 Å². The Morgan fingerprint density at radius 2 is 1.94 bits per heavy atom. The molecule has 0 radical (unpaired) electrons. The summed E-state index contributed by atoms with van der Waals surface area (Å²) in [6, 6.07) is 13.1. The first-order valence-corrected chi connectivity index (χ1v) is 11.0. The van der Waals surface area contributed by atoms with Gasteiger partial charge in [-0.15, -0.1) is 0 Å². The quantitative estimate of drug-likeness (QED) is 0.403. The van der Waals surface area contributed by atoms with E-state index in [9.17, 15) is 18.0 Å². The second-order valence-corrected chi connectivity index (χ2v) is 8.59. The number of pyridine rings is 1. The second-order valence-electron chi connectivity index (χ2n) is 8.59. The maximum atomic E-state index is 12.7. The molecular weight excluding hydrogens is 455 g/mol. The Kier molecular flexibility index (Phi) is 5.86. The molecule has 3 heterocycles. The summed E-state index contributed by atoms with van der Waals surface area (Å²) < 4.78 is 40.0. The summed E-state index contributed by atoms with van der Waals surface area (Å²) in [6.07, 6.45) is 4.04. The molecule has 0 aliphatic carbocycles. The number of imidazole rings is 1. The van der Waals surface area contributed by atoms with Crippen molar-refractivity contribution >= 4 is 28.7 Å². The van der Waals surface area contributed by atoms with Crippen LogP contribution in [0.3, 0.4) is 0 Å². The minimum Gasteiger partial charge on any atom is -0.334 e. The van der Waals surface area contributed by atoms with Gasteiger partial charge in [0.05, 0.1) is 23.9 Å². The zero-order chi connectivity index (χ0) is 24.6. The van der Waals surface area contributed by atoms with Gasteiger partial charge in [0.25, 0.3) is 0 Å². The Bertz CT molecular complexity index is 1440. The average molecular weight is 477 g/mol. The summed E-state index contributed by atoms with van der Waals surface area (Å²) in [5.41, 5.74) is 6.75. The molecule has 0 saturated heterocycles. The van der Waals surface area contributed by atoms with Crippen molar-refractivity contribution in [3.05, 3.63) is 84.0 Å². The van der Waals surface area contributed by atoms with E-state index in [1.807, 2.05) is 35.9 Å². The number of amides is 1. The molecule has 1 amide bonds. The predicted octanol–water partition coefficient (Wildman–Crippen LogP) is 5.17. The number of carbonyl (C=O) groups is 1. The van der Waals surface area contributed by atoms with E-state index >= 15 is 0 Å². The molecule has 0 bridgehead atoms. The van der Waals surface area contributed by atoms with Crippen LogP contribution in [0.5, 0.6) is 0 Å². The predicted molar refractivity (Wildman–Crippen MR) is 128 cm³/mol. The van der Waals surface area contributed by atoms with Gasteiger partial charge in [0.1, 0.15) is 0 Å². The SMILES string of the molecule is Cn1cnc2ccc(-c3ccncc3/C=C/C(=O)Nc3ccc4c(c3)CN(CC(F)(F)F)C4)cc21. The maximum Gasteiger partial charge on any atom is 0.401 e. The monoisotopic (exact) mass is 477 g/mol. The van der Waals surface area contributed by atoms with Crippen molar-refractivity contribution in [1.82, 2.24) is 19.4 Å². The van der Waals surface area contributed by atoms with Crippen LogP contribution in [0.15, 0.2) is 67.3 Å². The molecule has 0 fully saturated rings. The van der Waals surface area contributed by atoms with Crippen molar-refractivity contribution in [2.75, 3.05) is 11.9 Å². The van der Waals surface area contributed by atoms with Gasteiger partial charge in [0, 0.05) is 49.9 Å². The van der Waals surface area contributed by atoms with Gasteiger partial charge in [-0.2, -0.15) is 13.2 Å². The highest BCUT2D eigenvalue weighted by atomic mass is 19.4. The third kappa shape index (κ3) is 5.09. The number of fused-ring (bicyclic) bond motifs is 2. The highest BCUT2D eigenvalue weighted by Gasteiger charge is 2.33. The first-order valence-electron chi connectivity index (χ1n) is 11.0. The van der Waals surface area contributed by atoms with E-state index in [1.165, 1.54) is 11.0 Å². The number of anilines is 1. The average Bonchev–Trinajstić information content (AvgIpc) is 3.38. The van der Waals surface area contributed by atoms with Crippen molar-refractivity contribution < 1.29 is 18.0 Å². The minimum atomic E-state index is -4.24. The van der Waals surface area contributed by atoms with Gasteiger partial charge in [-0.05, 0) is 58.7 Å². The summed E-state index contributed by atoms with van der Waals surface area (Å²) in [4.78, 5) is 22.5. The lowest BCUT2D eigenvalue weighted by molar-refractivity contribution is -0.147. The maximum absolute atomic E-state index is 12.7. The van der Waals surface area contributed by atoms with Crippen molar-refractivity contribution in [3.8, 4) is 11.1 Å². The number of carbonyl (C=O) groups excluding carboxylic acids is 1. The van der Waals surface area contributed by atoms with Crippen molar-refractivity contribution in [2.45, 2.75) is 19.3 Å². The molecule has 1 aliphatic rings. The Balaban J connectivity index is 1.30. The van der Waals surface area contributed by atoms with E-state index in [4.69, 9.17) is 0 Å². The fourth-order valence-electron chi connectivity index (χ4n) is 4.35. The van der Waals surface area contributed by atoms with Crippen LogP contribution in [0.2, 0.25) is 0 Å². The summed E-state index contributed by atoms with van der Waals surface area (Å²) in [5.74, 6) is -0.341. The highest BCUT2D eigenvalue weighted by Crippen LogP contribution is 2.29. The number of benzene rings is 2. The molecular formula is C26H22F3N5O. The van der Waals surface area contributed by atoms with Crippen LogP contribution in [0.1, 0.15) is 16.7 Å². The molecule has 5 rings (SSSR count). The summed E-state index contributed by atoms with van der Waals surface area (Å²) >= 11 is 0. The van der Waals surface area contributed by atoms with E-state index in [1.54, 1.807) is 43.0 Å². The Morgan fingerprint density at radius 1 is 1.11 bits per heavy atom. The van der Waals surface area contributed by atoms with Crippen molar-refractivity contribution in [2.24, 2.45) is 7.05 Å². The lowest BCUT2D eigenvalue weighted by Crippen LogP contribution is -2.29. The van der Waals surface area contributed by atoms with Gasteiger partial charge in [-0.25, -0.2) is 4.98 Å². The van der Waals surface area contributed by atoms with Crippen molar-refractivity contribution in [3.63, 3.8) is 0 Å². The summed E-state index contributed by atoms with van der Waals surface area (Å²) in [6.45, 7) is -0.501. The number of halogens is 3. The lowest BCUT2D eigenvalue weighted by Gasteiger charge is -2.16. The van der Waals surface area contributed by atoms with Gasteiger partial charge in [0.15, 0.2) is 0 Å². The van der Waals surface area contributed by atoms with Crippen LogP contribution in [-0.4, -0.2) is 38.1 Å². The first-order chi connectivity index (χ1) is 16.7. The zero-order valence-corrected chi connectivity index (χ0v) is 18.9. The topological polar surface area (TPSA) is 63.1 Å². The highest BCUT2D eigenvalue weighted by molar-refractivity contribution is 6.02. The second kappa shape index (κ2) is 8.99. The fraction of sp³-hybridized carbons (Fsp3) is 0.192. The van der Waals surface area contributed by atoms with Crippen LogP contribution in [0.4, 0.5) is 18.9 Å². The Labute approximate surface area is 199 Å². The number of nitrogens with one attached hydrogen (secondary N) is 1. The molecule has 0 unspecified atom stereocenters. The van der Waals surface area contributed by atoms with E-state index in [0.717, 1.165) is 38.9 Å². The van der Waals surface area contributed by atoms with Gasteiger partial charge < -0.3 is 9.88 Å². The number of aryl methyl sites for hydroxylation is 1. The van der Waals surface area contributed by atoms with E-state index in [2.05, 4.69) is 15.3 Å². The lowest BCUT2D eigenvalue weighted by atomic mass is 10.0. The third-order valence-corrected chi connectivity index (χ3v) is 5.97. The molecule has 0 saturated carbocycles. The van der Waals surface area contributed by atoms with Crippen LogP contribution < -0.4 is 5.32 Å². The standard InChI is InChI=1S/C26H22F3N5O/c1-33-16-31-23-6-3-17(11-24(23)33)22-8-9-30-12-18(22)4-7-25(35)32-21-5-2-19-13-34(14-20(19)10-21)15-26(27,28)29/h2-12,16H,13-15H2,1H3,(H,32,35)/b7-4+. The summed E-state index contributed by atoms with van der Waals surface area (Å²) in [5, 5.41) is 2.79. The van der Waals surface area contributed by atoms with E-state index in [0.29, 0.717) is 5.69 Å². The molecule has 178 valence electrons. The molecule has 4 aromatic rings. The van der Waals surface area contributed by atoms with Gasteiger partial charge in [-0.3, -0.25) is 14.7 Å². The third-order valence-electron chi connectivity index (χ3n) is 5.97. The van der Waals surface area contributed by atoms with E-state index < -0.39 is 12.7 Å². The number of aromatic nitrogens is 3. The van der Waals surface area contributed by atoms with Gasteiger partial charge in [-0.1, -0.05) is 12.1 Å².